The number of nitrogens with two attached hydrogens (primary N) is 1. The summed E-state index contributed by atoms with van der Waals surface area (Å²) >= 11 is 0. The van der Waals surface area contributed by atoms with Crippen molar-refractivity contribution in [3.63, 3.8) is 0 Å². The highest BCUT2D eigenvalue weighted by atomic mass is 16.2. The fourth-order valence-electron chi connectivity index (χ4n) is 3.61. The van der Waals surface area contributed by atoms with Gasteiger partial charge < -0.3 is 10.6 Å². The van der Waals surface area contributed by atoms with Crippen molar-refractivity contribution in [3.05, 3.63) is 0 Å². The average Bonchev–Trinajstić information content (AvgIpc) is 2.48. The molecule has 2 rings (SSSR count). The molecule has 4 atom stereocenters. The average molecular weight is 281 g/mol. The minimum Gasteiger partial charge on any atom is -0.340 e. The first-order valence-corrected chi connectivity index (χ1v) is 8.33. The van der Waals surface area contributed by atoms with Crippen molar-refractivity contribution in [2.75, 3.05) is 26.2 Å². The van der Waals surface area contributed by atoms with E-state index in [1.54, 1.807) is 0 Å². The van der Waals surface area contributed by atoms with E-state index in [-0.39, 0.29) is 12.0 Å². The molecule has 20 heavy (non-hydrogen) atoms. The Balaban J connectivity index is 1.88. The molecule has 0 spiro atoms. The zero-order valence-corrected chi connectivity index (χ0v) is 13.3. The smallest absolute Gasteiger partial charge is 0.227 e. The van der Waals surface area contributed by atoms with E-state index in [1.165, 1.54) is 12.8 Å². The zero-order chi connectivity index (χ0) is 14.7. The lowest BCUT2D eigenvalue weighted by molar-refractivity contribution is -0.139. The van der Waals surface area contributed by atoms with E-state index >= 15 is 0 Å². The maximum Gasteiger partial charge on any atom is 0.227 e. The maximum absolute atomic E-state index is 12.7. The molecular weight excluding hydrogens is 250 g/mol. The Bertz CT molecular complexity index is 326. The van der Waals surface area contributed by atoms with Crippen LogP contribution in [0.2, 0.25) is 0 Å². The number of carbonyl (C=O) groups excluding carboxylic acids is 1. The highest BCUT2D eigenvalue weighted by molar-refractivity contribution is 5.79. The molecule has 4 nitrogen and oxygen atoms in total. The van der Waals surface area contributed by atoms with Crippen molar-refractivity contribution in [1.29, 1.82) is 0 Å². The quantitative estimate of drug-likeness (QED) is 0.856. The lowest BCUT2D eigenvalue weighted by atomic mass is 9.77. The lowest BCUT2D eigenvalue weighted by Crippen LogP contribution is -2.55. The van der Waals surface area contributed by atoms with Gasteiger partial charge >= 0.3 is 0 Å². The molecule has 0 aromatic carbocycles. The van der Waals surface area contributed by atoms with Gasteiger partial charge in [-0.1, -0.05) is 20.3 Å². The Labute approximate surface area is 123 Å². The van der Waals surface area contributed by atoms with Gasteiger partial charge in [-0.2, -0.15) is 0 Å². The second-order valence-corrected chi connectivity index (χ2v) is 6.71. The van der Waals surface area contributed by atoms with Gasteiger partial charge in [-0.3, -0.25) is 9.69 Å². The van der Waals surface area contributed by atoms with Crippen LogP contribution in [-0.4, -0.2) is 54.0 Å². The van der Waals surface area contributed by atoms with Crippen molar-refractivity contribution >= 4 is 5.91 Å². The van der Waals surface area contributed by atoms with E-state index in [1.807, 2.05) is 0 Å². The summed E-state index contributed by atoms with van der Waals surface area (Å²) in [5, 5.41) is 0. The number of nitrogens with zero attached hydrogens (tertiary/aromatic N) is 2. The maximum atomic E-state index is 12.7. The largest absolute Gasteiger partial charge is 0.340 e. The van der Waals surface area contributed by atoms with Crippen LogP contribution in [0, 0.1) is 11.8 Å². The van der Waals surface area contributed by atoms with Gasteiger partial charge in [0.25, 0.3) is 0 Å². The predicted molar refractivity (Wildman–Crippen MR) is 82.4 cm³/mol. The van der Waals surface area contributed by atoms with Crippen LogP contribution in [0.4, 0.5) is 0 Å². The molecule has 116 valence electrons. The van der Waals surface area contributed by atoms with Crippen LogP contribution >= 0.6 is 0 Å². The summed E-state index contributed by atoms with van der Waals surface area (Å²) in [6, 6.07) is 0.688. The molecule has 0 aromatic heterocycles. The van der Waals surface area contributed by atoms with Crippen LogP contribution in [0.5, 0.6) is 0 Å². The van der Waals surface area contributed by atoms with E-state index in [0.717, 1.165) is 39.0 Å². The fourth-order valence-corrected chi connectivity index (χ4v) is 3.61. The van der Waals surface area contributed by atoms with E-state index < -0.39 is 0 Å². The van der Waals surface area contributed by atoms with Gasteiger partial charge in [0.2, 0.25) is 5.91 Å². The molecule has 1 aliphatic heterocycles. The highest BCUT2D eigenvalue weighted by Gasteiger charge is 2.36. The van der Waals surface area contributed by atoms with E-state index in [9.17, 15) is 4.79 Å². The first-order valence-electron chi connectivity index (χ1n) is 8.33. The SMILES string of the molecule is CCC(C)N1CCN(C(=O)C2CCCC(C)C2N)CC1. The van der Waals surface area contributed by atoms with Gasteiger partial charge in [-0.15, -0.1) is 0 Å². The molecule has 0 bridgehead atoms. The Morgan fingerprint density at radius 3 is 2.50 bits per heavy atom. The minimum absolute atomic E-state index is 0.0591. The number of piperazine rings is 1. The monoisotopic (exact) mass is 281 g/mol. The van der Waals surface area contributed by atoms with Crippen LogP contribution in [0.15, 0.2) is 0 Å². The van der Waals surface area contributed by atoms with E-state index in [4.69, 9.17) is 5.73 Å². The lowest BCUT2D eigenvalue weighted by Gasteiger charge is -2.41. The van der Waals surface area contributed by atoms with Crippen molar-refractivity contribution in [2.45, 2.75) is 58.5 Å². The molecule has 1 saturated carbocycles. The summed E-state index contributed by atoms with van der Waals surface area (Å²) in [6.45, 7) is 10.5. The number of amides is 1. The van der Waals surface area contributed by atoms with Crippen LogP contribution < -0.4 is 5.73 Å². The summed E-state index contributed by atoms with van der Waals surface area (Å²) in [4.78, 5) is 17.2. The molecule has 1 amide bonds. The molecule has 1 heterocycles. The van der Waals surface area contributed by atoms with Gasteiger partial charge in [-0.05, 0) is 32.1 Å². The van der Waals surface area contributed by atoms with Crippen LogP contribution in [0.1, 0.15) is 46.5 Å². The molecule has 0 aromatic rings. The van der Waals surface area contributed by atoms with E-state index in [0.29, 0.717) is 17.9 Å². The van der Waals surface area contributed by atoms with Gasteiger partial charge in [-0.25, -0.2) is 0 Å². The van der Waals surface area contributed by atoms with Crippen LogP contribution in [0.25, 0.3) is 0 Å². The molecule has 1 aliphatic carbocycles. The second-order valence-electron chi connectivity index (χ2n) is 6.71. The topological polar surface area (TPSA) is 49.6 Å². The Hall–Kier alpha value is -0.610. The first-order chi connectivity index (χ1) is 9.54. The third-order valence-electron chi connectivity index (χ3n) is 5.45. The highest BCUT2D eigenvalue weighted by Crippen LogP contribution is 2.29. The molecule has 1 saturated heterocycles. The number of carbonyl (C=O) groups is 1. The minimum atomic E-state index is 0.0591. The van der Waals surface area contributed by atoms with Crippen molar-refractivity contribution in [3.8, 4) is 0 Å². The molecular formula is C16H31N3O. The standard InChI is InChI=1S/C16H31N3O/c1-4-13(3)18-8-10-19(11-9-18)16(20)14-7-5-6-12(2)15(14)17/h12-15H,4-11,17H2,1-3H3. The number of hydrogen-bond donors (Lipinski definition) is 1. The molecule has 2 fully saturated rings. The van der Waals surface area contributed by atoms with Crippen LogP contribution in [-0.2, 0) is 4.79 Å². The van der Waals surface area contributed by atoms with E-state index in [2.05, 4.69) is 30.6 Å². The zero-order valence-electron chi connectivity index (χ0n) is 13.3. The Morgan fingerprint density at radius 1 is 1.25 bits per heavy atom. The van der Waals surface area contributed by atoms with Crippen molar-refractivity contribution in [1.82, 2.24) is 9.80 Å². The fraction of sp³-hybridized carbons (Fsp3) is 0.938. The van der Waals surface area contributed by atoms with Crippen molar-refractivity contribution in [2.24, 2.45) is 17.6 Å². The van der Waals surface area contributed by atoms with Crippen LogP contribution in [0.3, 0.4) is 0 Å². The summed E-state index contributed by atoms with van der Waals surface area (Å²) in [7, 11) is 0. The van der Waals surface area contributed by atoms with Gasteiger partial charge in [0, 0.05) is 38.3 Å². The number of hydrogen-bond acceptors (Lipinski definition) is 3. The third-order valence-corrected chi connectivity index (χ3v) is 5.45. The first kappa shape index (κ1) is 15.8. The molecule has 0 radical (unpaired) electrons. The molecule has 4 unspecified atom stereocenters. The molecule has 2 N–H and O–H groups in total. The Morgan fingerprint density at radius 2 is 1.90 bits per heavy atom. The van der Waals surface area contributed by atoms with Gasteiger partial charge in [0.1, 0.15) is 0 Å². The van der Waals surface area contributed by atoms with Gasteiger partial charge in [0.15, 0.2) is 0 Å². The summed E-state index contributed by atoms with van der Waals surface area (Å²) in [5.74, 6) is 0.862. The molecule has 2 aliphatic rings. The summed E-state index contributed by atoms with van der Waals surface area (Å²) in [6.07, 6.45) is 4.49. The molecule has 4 heteroatoms. The number of rotatable bonds is 3. The normalized spacial score (nSPS) is 34.0. The predicted octanol–water partition coefficient (Wildman–Crippen LogP) is 1.69. The summed E-state index contributed by atoms with van der Waals surface area (Å²) in [5.41, 5.74) is 6.27. The summed E-state index contributed by atoms with van der Waals surface area (Å²) < 4.78 is 0. The Kier molecular flexibility index (Phi) is 5.44. The van der Waals surface area contributed by atoms with Gasteiger partial charge in [0.05, 0.1) is 5.92 Å². The second kappa shape index (κ2) is 6.90. The third kappa shape index (κ3) is 3.34. The van der Waals surface area contributed by atoms with Crippen molar-refractivity contribution < 1.29 is 4.79 Å².